The SMILES string of the molecule is CC1(C)CC[C@]2(C)CC[C@]3(C)C(=CC[C@H]4[C@@]5(C)CC[C@H](O)C(C)(C)[C@H]5CC[C@]43C)[C@@H]2C1. The highest BCUT2D eigenvalue weighted by molar-refractivity contribution is 5.33. The van der Waals surface area contributed by atoms with Crippen molar-refractivity contribution in [3.05, 3.63) is 11.6 Å². The first-order valence-corrected chi connectivity index (χ1v) is 13.6. The number of hydrogen-bond acceptors (Lipinski definition) is 1. The van der Waals surface area contributed by atoms with Crippen molar-refractivity contribution in [1.29, 1.82) is 0 Å². The first kappa shape index (κ1) is 22.5. The van der Waals surface area contributed by atoms with Crippen LogP contribution in [0.3, 0.4) is 0 Å². The van der Waals surface area contributed by atoms with E-state index in [9.17, 15) is 5.11 Å². The minimum Gasteiger partial charge on any atom is -0.393 e. The Kier molecular flexibility index (Phi) is 4.66. The van der Waals surface area contributed by atoms with E-state index in [0.717, 1.165) is 18.3 Å². The smallest absolute Gasteiger partial charge is 0.0594 e. The lowest BCUT2D eigenvalue weighted by Crippen LogP contribution is -2.64. The maximum absolute atomic E-state index is 10.9. The van der Waals surface area contributed by atoms with E-state index < -0.39 is 0 Å². The molecule has 4 fully saturated rings. The first-order chi connectivity index (χ1) is 14.2. The molecule has 1 nitrogen and oxygen atoms in total. The maximum Gasteiger partial charge on any atom is 0.0594 e. The second-order valence-electron chi connectivity index (χ2n) is 15.2. The van der Waals surface area contributed by atoms with Crippen molar-refractivity contribution in [2.24, 2.45) is 50.2 Å². The Hall–Kier alpha value is -0.300. The van der Waals surface area contributed by atoms with E-state index >= 15 is 0 Å². The summed E-state index contributed by atoms with van der Waals surface area (Å²) in [4.78, 5) is 0. The molecule has 31 heavy (non-hydrogen) atoms. The van der Waals surface area contributed by atoms with Crippen molar-refractivity contribution in [2.75, 3.05) is 0 Å². The molecule has 8 atom stereocenters. The zero-order valence-corrected chi connectivity index (χ0v) is 21.9. The standard InChI is InChI=1S/C30H50O/c1-25(2)15-16-27(5)17-18-29(7)20(21(27)19-25)9-10-23-28(6)13-12-24(31)26(3,4)22(28)11-14-30(23,29)8/h9,21-24,31H,10-19H2,1-8H3/t21-,22+,23-,24-,27+,28-,29+,30+/m0/s1. The molecule has 0 spiro atoms. The van der Waals surface area contributed by atoms with Crippen LogP contribution in [0.15, 0.2) is 11.6 Å². The van der Waals surface area contributed by atoms with Crippen molar-refractivity contribution in [1.82, 2.24) is 0 Å². The fourth-order valence-corrected chi connectivity index (χ4v) is 10.5. The van der Waals surface area contributed by atoms with Gasteiger partial charge in [-0.1, -0.05) is 67.0 Å². The van der Waals surface area contributed by atoms with Crippen LogP contribution in [0, 0.1) is 50.2 Å². The van der Waals surface area contributed by atoms with Gasteiger partial charge in [0.2, 0.25) is 0 Å². The fraction of sp³-hybridized carbons (Fsp3) is 0.933. The highest BCUT2D eigenvalue weighted by Crippen LogP contribution is 2.75. The summed E-state index contributed by atoms with van der Waals surface area (Å²) in [6, 6.07) is 0. The average Bonchev–Trinajstić information content (AvgIpc) is 2.67. The Labute approximate surface area is 192 Å². The van der Waals surface area contributed by atoms with E-state index in [1.54, 1.807) is 0 Å². The minimum atomic E-state index is -0.125. The number of aliphatic hydroxyl groups excluding tert-OH is 1. The largest absolute Gasteiger partial charge is 0.393 e. The number of fused-ring (bicyclic) bond motifs is 7. The molecule has 5 aliphatic carbocycles. The van der Waals surface area contributed by atoms with Crippen LogP contribution in [0.1, 0.15) is 120 Å². The van der Waals surface area contributed by atoms with Crippen molar-refractivity contribution in [3.63, 3.8) is 0 Å². The van der Waals surface area contributed by atoms with Gasteiger partial charge in [0.1, 0.15) is 0 Å². The molecule has 0 heterocycles. The maximum atomic E-state index is 10.9. The molecule has 0 radical (unpaired) electrons. The molecular formula is C30H50O. The van der Waals surface area contributed by atoms with Crippen LogP contribution in [-0.2, 0) is 0 Å². The summed E-state index contributed by atoms with van der Waals surface area (Å²) in [5, 5.41) is 10.9. The Morgan fingerprint density at radius 2 is 1.45 bits per heavy atom. The molecule has 0 unspecified atom stereocenters. The molecule has 0 bridgehead atoms. The second-order valence-corrected chi connectivity index (χ2v) is 15.2. The van der Waals surface area contributed by atoms with E-state index in [-0.39, 0.29) is 11.5 Å². The number of rotatable bonds is 0. The Morgan fingerprint density at radius 3 is 2.16 bits per heavy atom. The van der Waals surface area contributed by atoms with Crippen LogP contribution < -0.4 is 0 Å². The topological polar surface area (TPSA) is 20.2 Å². The van der Waals surface area contributed by atoms with Crippen LogP contribution in [0.4, 0.5) is 0 Å². The first-order valence-electron chi connectivity index (χ1n) is 13.6. The molecule has 0 saturated heterocycles. The third-order valence-corrected chi connectivity index (χ3v) is 13.0. The van der Waals surface area contributed by atoms with Gasteiger partial charge in [0.25, 0.3) is 0 Å². The monoisotopic (exact) mass is 426 g/mol. The number of aliphatic hydroxyl groups is 1. The lowest BCUT2D eigenvalue weighted by molar-refractivity contribution is -0.202. The van der Waals surface area contributed by atoms with Gasteiger partial charge in [0.05, 0.1) is 6.10 Å². The molecule has 4 saturated carbocycles. The zero-order chi connectivity index (χ0) is 22.7. The molecule has 0 aromatic rings. The van der Waals surface area contributed by atoms with Gasteiger partial charge in [-0.25, -0.2) is 0 Å². The van der Waals surface area contributed by atoms with Crippen molar-refractivity contribution >= 4 is 0 Å². The van der Waals surface area contributed by atoms with Crippen molar-refractivity contribution < 1.29 is 5.11 Å². The fourth-order valence-electron chi connectivity index (χ4n) is 10.5. The van der Waals surface area contributed by atoms with Gasteiger partial charge >= 0.3 is 0 Å². The van der Waals surface area contributed by atoms with Crippen LogP contribution in [0.25, 0.3) is 0 Å². The molecule has 0 aromatic heterocycles. The summed E-state index contributed by atoms with van der Waals surface area (Å²) in [7, 11) is 0. The number of hydrogen-bond donors (Lipinski definition) is 1. The van der Waals surface area contributed by atoms with E-state index in [1.807, 2.05) is 5.57 Å². The van der Waals surface area contributed by atoms with Crippen LogP contribution in [-0.4, -0.2) is 11.2 Å². The molecule has 1 heteroatoms. The van der Waals surface area contributed by atoms with Gasteiger partial charge < -0.3 is 5.11 Å². The number of allylic oxidation sites excluding steroid dienone is 2. The molecule has 5 aliphatic rings. The van der Waals surface area contributed by atoms with E-state index in [0.29, 0.717) is 33.0 Å². The Bertz CT molecular complexity index is 790. The predicted molar refractivity (Wildman–Crippen MR) is 131 cm³/mol. The van der Waals surface area contributed by atoms with Gasteiger partial charge in [-0.15, -0.1) is 0 Å². The Balaban J connectivity index is 1.57. The quantitative estimate of drug-likeness (QED) is 0.387. The van der Waals surface area contributed by atoms with E-state index in [2.05, 4.69) is 61.5 Å². The molecule has 1 N–H and O–H groups in total. The van der Waals surface area contributed by atoms with Gasteiger partial charge in [-0.2, -0.15) is 0 Å². The van der Waals surface area contributed by atoms with E-state index in [1.165, 1.54) is 57.8 Å². The summed E-state index contributed by atoms with van der Waals surface area (Å²) < 4.78 is 0. The summed E-state index contributed by atoms with van der Waals surface area (Å²) >= 11 is 0. The average molecular weight is 427 g/mol. The van der Waals surface area contributed by atoms with Crippen LogP contribution >= 0.6 is 0 Å². The van der Waals surface area contributed by atoms with Crippen LogP contribution in [0.5, 0.6) is 0 Å². The van der Waals surface area contributed by atoms with Gasteiger partial charge in [-0.05, 0) is 114 Å². The predicted octanol–water partition coefficient (Wildman–Crippen LogP) is 8.17. The highest BCUT2D eigenvalue weighted by atomic mass is 16.3. The summed E-state index contributed by atoms with van der Waals surface area (Å²) in [5.74, 6) is 2.21. The third kappa shape index (κ3) is 2.77. The van der Waals surface area contributed by atoms with Gasteiger partial charge in [-0.3, -0.25) is 0 Å². The molecule has 5 rings (SSSR count). The molecular weight excluding hydrogens is 376 g/mol. The lowest BCUT2D eigenvalue weighted by atomic mass is 9.33. The molecule has 176 valence electrons. The zero-order valence-electron chi connectivity index (χ0n) is 21.9. The molecule has 0 aliphatic heterocycles. The highest BCUT2D eigenvalue weighted by Gasteiger charge is 2.67. The van der Waals surface area contributed by atoms with Crippen molar-refractivity contribution in [2.45, 2.75) is 126 Å². The second kappa shape index (κ2) is 6.43. The third-order valence-electron chi connectivity index (χ3n) is 13.0. The summed E-state index contributed by atoms with van der Waals surface area (Å²) in [6.45, 7) is 20.4. The minimum absolute atomic E-state index is 0.0533. The van der Waals surface area contributed by atoms with Crippen molar-refractivity contribution in [3.8, 4) is 0 Å². The molecule has 0 aromatic carbocycles. The molecule has 0 amide bonds. The Morgan fingerprint density at radius 1 is 0.774 bits per heavy atom. The summed E-state index contributed by atoms with van der Waals surface area (Å²) in [6.07, 6.45) is 15.9. The van der Waals surface area contributed by atoms with Gasteiger partial charge in [0, 0.05) is 0 Å². The van der Waals surface area contributed by atoms with E-state index in [4.69, 9.17) is 0 Å². The van der Waals surface area contributed by atoms with Crippen LogP contribution in [0.2, 0.25) is 0 Å². The van der Waals surface area contributed by atoms with Gasteiger partial charge in [0.15, 0.2) is 0 Å². The normalized spacial score (nSPS) is 55.2. The summed E-state index contributed by atoms with van der Waals surface area (Å²) in [5.41, 5.74) is 4.09. The lowest BCUT2D eigenvalue weighted by Gasteiger charge is -2.71.